The predicted molar refractivity (Wildman–Crippen MR) is 128 cm³/mol. The molecule has 0 bridgehead atoms. The van der Waals surface area contributed by atoms with Crippen LogP contribution in [0.25, 0.3) is 11.1 Å². The molecule has 35 heavy (non-hydrogen) atoms. The average molecular weight is 476 g/mol. The number of amides is 2. The highest BCUT2D eigenvalue weighted by Gasteiger charge is 2.30. The summed E-state index contributed by atoms with van der Waals surface area (Å²) < 4.78 is 10.5. The molecule has 9 nitrogen and oxygen atoms in total. The van der Waals surface area contributed by atoms with Gasteiger partial charge in [0.2, 0.25) is 11.8 Å². The minimum absolute atomic E-state index is 0.0781. The normalized spacial score (nSPS) is 12.7. The molecular weight excluding hydrogens is 450 g/mol. The minimum atomic E-state index is -1.11. The first kappa shape index (κ1) is 23.7. The lowest BCUT2D eigenvalue weighted by Gasteiger charge is -2.19. The molecule has 0 saturated heterocycles. The molecule has 0 spiro atoms. The summed E-state index contributed by atoms with van der Waals surface area (Å²) in [5.74, 6) is -1.49. The number of carbonyl (C=O) groups excluding carboxylic acids is 2. The van der Waals surface area contributed by atoms with Gasteiger partial charge in [0.25, 0.3) is 0 Å². The number of aromatic nitrogens is 1. The highest BCUT2D eigenvalue weighted by atomic mass is 16.5. The second kappa shape index (κ2) is 10.7. The van der Waals surface area contributed by atoms with Crippen molar-refractivity contribution in [1.29, 1.82) is 0 Å². The summed E-state index contributed by atoms with van der Waals surface area (Å²) in [6.45, 7) is 0.0781. The van der Waals surface area contributed by atoms with Crippen LogP contribution in [0.5, 0.6) is 5.88 Å². The van der Waals surface area contributed by atoms with Crippen molar-refractivity contribution in [3.8, 4) is 17.0 Å². The van der Waals surface area contributed by atoms with Crippen LogP contribution in [0.3, 0.4) is 0 Å². The quantitative estimate of drug-likeness (QED) is 0.430. The summed E-state index contributed by atoms with van der Waals surface area (Å²) in [6, 6.07) is 17.9. The van der Waals surface area contributed by atoms with E-state index in [9.17, 15) is 14.4 Å². The van der Waals surface area contributed by atoms with Crippen molar-refractivity contribution in [2.75, 3.05) is 19.0 Å². The number of nitrogens with one attached hydrogen (secondary N) is 2. The second-order valence-electron chi connectivity index (χ2n) is 8.03. The number of carboxylic acids is 1. The standard InChI is InChI=1S/C26H25N3O6/c1-34-23-14-16(12-13-27-23)28-25(32)22(10-11-24(30)31)29-26(33)35-15-21-19-8-4-2-6-17(19)18-7-3-5-9-20(18)21/h2-9,12-14,21-22H,10-11,15H2,1H3,(H,29,33)(H,30,31)(H,27,28,32). The number of rotatable bonds is 9. The lowest BCUT2D eigenvalue weighted by Crippen LogP contribution is -2.44. The smallest absolute Gasteiger partial charge is 0.407 e. The topological polar surface area (TPSA) is 127 Å². The summed E-state index contributed by atoms with van der Waals surface area (Å²) >= 11 is 0. The molecule has 1 aromatic heterocycles. The van der Waals surface area contributed by atoms with Crippen LogP contribution in [-0.2, 0) is 14.3 Å². The van der Waals surface area contributed by atoms with E-state index in [4.69, 9.17) is 14.6 Å². The maximum Gasteiger partial charge on any atom is 0.407 e. The molecule has 1 unspecified atom stereocenters. The number of carboxylic acid groups (broad SMARTS) is 1. The summed E-state index contributed by atoms with van der Waals surface area (Å²) in [5.41, 5.74) is 4.73. The molecule has 3 aromatic rings. The number of anilines is 1. The molecule has 3 N–H and O–H groups in total. The monoisotopic (exact) mass is 475 g/mol. The van der Waals surface area contributed by atoms with E-state index in [2.05, 4.69) is 15.6 Å². The van der Waals surface area contributed by atoms with E-state index in [1.54, 1.807) is 6.07 Å². The van der Waals surface area contributed by atoms with E-state index in [0.29, 0.717) is 11.6 Å². The average Bonchev–Trinajstić information content (AvgIpc) is 3.19. The fraction of sp³-hybridized carbons (Fsp3) is 0.231. The van der Waals surface area contributed by atoms with Gasteiger partial charge in [-0.15, -0.1) is 0 Å². The molecule has 1 aliphatic carbocycles. The number of benzene rings is 2. The van der Waals surface area contributed by atoms with Gasteiger partial charge in [0, 0.05) is 30.3 Å². The fourth-order valence-corrected chi connectivity index (χ4v) is 4.15. The molecule has 2 amide bonds. The third-order valence-corrected chi connectivity index (χ3v) is 5.81. The van der Waals surface area contributed by atoms with Gasteiger partial charge in [-0.1, -0.05) is 48.5 Å². The Morgan fingerprint density at radius 1 is 1.03 bits per heavy atom. The molecule has 0 saturated carbocycles. The molecular formula is C26H25N3O6. The number of carbonyl (C=O) groups is 3. The van der Waals surface area contributed by atoms with Crippen LogP contribution < -0.4 is 15.4 Å². The Kier molecular flexibility index (Phi) is 7.25. The number of fused-ring (bicyclic) bond motifs is 3. The lowest BCUT2D eigenvalue weighted by atomic mass is 9.98. The number of methoxy groups -OCH3 is 1. The van der Waals surface area contributed by atoms with Gasteiger partial charge in [-0.2, -0.15) is 0 Å². The van der Waals surface area contributed by atoms with E-state index in [-0.39, 0.29) is 25.4 Å². The van der Waals surface area contributed by atoms with Crippen molar-refractivity contribution in [2.45, 2.75) is 24.8 Å². The summed E-state index contributed by atoms with van der Waals surface area (Å²) in [7, 11) is 1.45. The molecule has 0 aliphatic heterocycles. The van der Waals surface area contributed by atoms with Gasteiger partial charge in [0.05, 0.1) is 7.11 Å². The van der Waals surface area contributed by atoms with Crippen LogP contribution in [0.4, 0.5) is 10.5 Å². The van der Waals surface area contributed by atoms with Gasteiger partial charge >= 0.3 is 12.1 Å². The third kappa shape index (κ3) is 5.57. The van der Waals surface area contributed by atoms with Crippen LogP contribution in [-0.4, -0.2) is 47.8 Å². The summed E-state index contributed by atoms with van der Waals surface area (Å²) in [6.07, 6.45) is 0.249. The van der Waals surface area contributed by atoms with Crippen LogP contribution in [0, 0.1) is 0 Å². The largest absolute Gasteiger partial charge is 0.481 e. The molecule has 1 atom stereocenters. The molecule has 9 heteroatoms. The number of hydrogen-bond acceptors (Lipinski definition) is 6. The van der Waals surface area contributed by atoms with Crippen molar-refractivity contribution < 1.29 is 29.0 Å². The number of alkyl carbamates (subject to hydrolysis) is 1. The Balaban J connectivity index is 1.42. The van der Waals surface area contributed by atoms with Crippen LogP contribution in [0.1, 0.15) is 29.9 Å². The number of hydrogen-bond donors (Lipinski definition) is 3. The highest BCUT2D eigenvalue weighted by molar-refractivity contribution is 5.96. The number of aliphatic carboxylic acids is 1. The van der Waals surface area contributed by atoms with Crippen molar-refractivity contribution in [1.82, 2.24) is 10.3 Å². The minimum Gasteiger partial charge on any atom is -0.481 e. The molecule has 180 valence electrons. The zero-order chi connectivity index (χ0) is 24.8. The van der Waals surface area contributed by atoms with Gasteiger partial charge in [0.15, 0.2) is 0 Å². The molecule has 1 heterocycles. The molecule has 0 radical (unpaired) electrons. The van der Waals surface area contributed by atoms with E-state index in [1.807, 2.05) is 48.5 Å². The van der Waals surface area contributed by atoms with Crippen molar-refractivity contribution in [3.05, 3.63) is 78.0 Å². The van der Waals surface area contributed by atoms with Crippen LogP contribution in [0.2, 0.25) is 0 Å². The van der Waals surface area contributed by atoms with Gasteiger partial charge in [-0.25, -0.2) is 9.78 Å². The Labute approximate surface area is 202 Å². The SMILES string of the molecule is COc1cc(NC(=O)C(CCC(=O)O)NC(=O)OCC2c3ccccc3-c3ccccc32)ccn1. The highest BCUT2D eigenvalue weighted by Crippen LogP contribution is 2.44. The zero-order valence-corrected chi connectivity index (χ0v) is 19.1. The second-order valence-corrected chi connectivity index (χ2v) is 8.03. The Morgan fingerprint density at radius 2 is 1.69 bits per heavy atom. The molecule has 1 aliphatic rings. The van der Waals surface area contributed by atoms with Crippen molar-refractivity contribution in [3.63, 3.8) is 0 Å². The van der Waals surface area contributed by atoms with Gasteiger partial charge < -0.3 is 25.2 Å². The Bertz CT molecular complexity index is 1200. The number of pyridine rings is 1. The zero-order valence-electron chi connectivity index (χ0n) is 19.1. The van der Waals surface area contributed by atoms with E-state index in [0.717, 1.165) is 22.3 Å². The summed E-state index contributed by atoms with van der Waals surface area (Å²) in [5, 5.41) is 14.2. The van der Waals surface area contributed by atoms with Gasteiger partial charge in [-0.05, 0) is 34.7 Å². The summed E-state index contributed by atoms with van der Waals surface area (Å²) in [4.78, 5) is 40.5. The Morgan fingerprint density at radius 3 is 2.31 bits per heavy atom. The van der Waals surface area contributed by atoms with Crippen LogP contribution in [0.15, 0.2) is 66.9 Å². The molecule has 0 fully saturated rings. The first-order chi connectivity index (χ1) is 17.0. The Hall–Kier alpha value is -4.40. The lowest BCUT2D eigenvalue weighted by molar-refractivity contribution is -0.137. The third-order valence-electron chi connectivity index (χ3n) is 5.81. The first-order valence-corrected chi connectivity index (χ1v) is 11.1. The van der Waals surface area contributed by atoms with E-state index >= 15 is 0 Å². The maximum absolute atomic E-state index is 12.8. The molecule has 4 rings (SSSR count). The van der Waals surface area contributed by atoms with Gasteiger partial charge in [-0.3, -0.25) is 9.59 Å². The maximum atomic E-state index is 12.8. The predicted octanol–water partition coefficient (Wildman–Crippen LogP) is 3.80. The first-order valence-electron chi connectivity index (χ1n) is 11.1. The van der Waals surface area contributed by atoms with Crippen molar-refractivity contribution in [2.24, 2.45) is 0 Å². The van der Waals surface area contributed by atoms with Gasteiger partial charge in [0.1, 0.15) is 12.6 Å². The van der Waals surface area contributed by atoms with E-state index in [1.165, 1.54) is 19.4 Å². The number of nitrogens with zero attached hydrogens (tertiary/aromatic N) is 1. The fourth-order valence-electron chi connectivity index (χ4n) is 4.15. The van der Waals surface area contributed by atoms with Crippen LogP contribution >= 0.6 is 0 Å². The number of ether oxygens (including phenoxy) is 2. The van der Waals surface area contributed by atoms with E-state index < -0.39 is 24.0 Å². The molecule has 2 aromatic carbocycles. The van der Waals surface area contributed by atoms with Crippen molar-refractivity contribution >= 4 is 23.7 Å².